The number of esters is 10. The van der Waals surface area contributed by atoms with Crippen LogP contribution in [0.4, 0.5) is 0 Å². The zero-order valence-electron chi connectivity index (χ0n) is 65.7. The second kappa shape index (κ2) is 34.2. The van der Waals surface area contributed by atoms with Crippen molar-refractivity contribution in [1.82, 2.24) is 0 Å². The summed E-state index contributed by atoms with van der Waals surface area (Å²) in [7, 11) is 0. The third-order valence-corrected chi connectivity index (χ3v) is 20.4. The molecule has 10 unspecified atom stereocenters. The van der Waals surface area contributed by atoms with E-state index in [2.05, 4.69) is 0 Å². The molecule has 10 aromatic rings. The van der Waals surface area contributed by atoms with Crippen LogP contribution in [-0.2, 0) is 56.8 Å². The summed E-state index contributed by atoms with van der Waals surface area (Å²) in [4.78, 5) is 148. The molecule has 0 bridgehead atoms. The predicted molar refractivity (Wildman–Crippen MR) is 415 cm³/mol. The number of hydrogen-bond donors (Lipinski definition) is 29. The summed E-state index contributed by atoms with van der Waals surface area (Å²) in [6.45, 7) is -3.08. The Bertz CT molecular complexity index is 6660. The van der Waals surface area contributed by atoms with Crippen LogP contribution in [-0.4, -0.2) is 282 Å². The number of phenols is 29. The minimum atomic E-state index is -3.11. The van der Waals surface area contributed by atoms with E-state index < -0.39 is 390 Å². The molecule has 10 aromatic carbocycles. The highest BCUT2D eigenvalue weighted by atomic mass is 16.8. The van der Waals surface area contributed by atoms with Crippen molar-refractivity contribution in [2.45, 2.75) is 61.4 Å². The molecule has 0 aliphatic carbocycles. The number of phenolic OH excluding ortho intramolecular Hbond substituents is 29. The Morgan fingerprint density at radius 1 is 0.246 bits per heavy atom. The van der Waals surface area contributed by atoms with Gasteiger partial charge in [0.1, 0.15) is 31.0 Å². The Hall–Kier alpha value is -19.2. The Morgan fingerprint density at radius 3 is 0.791 bits per heavy atom. The average Bonchev–Trinajstić information content (AvgIpc) is 1.41. The number of cyclic esters (lactones) is 2. The number of fused-ring (bicyclic) bond motifs is 8. The molecule has 0 saturated carbocycles. The Labute approximate surface area is 736 Å². The minimum Gasteiger partial charge on any atom is -0.504 e. The molecule has 0 radical (unpaired) electrons. The summed E-state index contributed by atoms with van der Waals surface area (Å²) in [5, 5.41) is 315. The SMILES string of the molecule is O=C(OC1OC2COC(=O)c3cc(O)c(O)c(O)c3-c3c(cc(O)c(O)c3O)C(=O)OC2C(OC(=O)c2cc(O)c(O)c(O)c2)C1OC(=O)c1cc(O)c(O)c(Oc2c(C(=O)OC3C(OC(=O)c4cc(O)c(O)c(O)c4)OC4COC(=O)c5cc(O)c(O)c(O)c5-c5c(cc(O)c(O)c5O)C(=O)OC4C3OC(=O)c3cc(O)c(O)c(O)c3)cc(O)c(O)c2O)c1)c1cc(O)c(O)c(O)c1. The first-order valence-corrected chi connectivity index (χ1v) is 37.0. The summed E-state index contributed by atoms with van der Waals surface area (Å²) in [5.41, 5.74) is -17.2. The van der Waals surface area contributed by atoms with E-state index in [1.54, 1.807) is 0 Å². The molecule has 4 heterocycles. The highest BCUT2D eigenvalue weighted by Gasteiger charge is 2.58. The first-order valence-electron chi connectivity index (χ1n) is 37.0. The van der Waals surface area contributed by atoms with Gasteiger partial charge in [-0.1, -0.05) is 0 Å². The number of aromatic hydroxyl groups is 29. The third-order valence-electron chi connectivity index (χ3n) is 20.4. The van der Waals surface area contributed by atoms with Gasteiger partial charge in [0.15, 0.2) is 162 Å². The zero-order chi connectivity index (χ0) is 97.7. The van der Waals surface area contributed by atoms with E-state index in [4.69, 9.17) is 61.6 Å². The number of rotatable bonds is 14. The maximum atomic E-state index is 15.6. The van der Waals surface area contributed by atoms with Gasteiger partial charge in [-0.05, 0) is 84.9 Å². The largest absolute Gasteiger partial charge is 0.504 e. The smallest absolute Gasteiger partial charge is 0.342 e. The summed E-state index contributed by atoms with van der Waals surface area (Å²) < 4.78 is 74.3. The number of carbonyl (C=O) groups is 10. The average molecular weight is 1880 g/mol. The topological polar surface area (TPSA) is 877 Å². The van der Waals surface area contributed by atoms with Gasteiger partial charge in [0.2, 0.25) is 65.0 Å². The molecule has 698 valence electrons. The predicted octanol–water partition coefficient (Wildman–Crippen LogP) is 3.73. The van der Waals surface area contributed by atoms with Crippen LogP contribution in [0.5, 0.6) is 178 Å². The molecule has 2 saturated heterocycles. The molecule has 4 aliphatic heterocycles. The van der Waals surface area contributed by atoms with Crippen molar-refractivity contribution >= 4 is 59.7 Å². The number of benzene rings is 10. The Balaban J connectivity index is 0.897. The van der Waals surface area contributed by atoms with E-state index in [1.807, 2.05) is 0 Å². The van der Waals surface area contributed by atoms with Gasteiger partial charge >= 0.3 is 59.7 Å². The van der Waals surface area contributed by atoms with Gasteiger partial charge in [-0.15, -0.1) is 0 Å². The van der Waals surface area contributed by atoms with Crippen LogP contribution in [0, 0.1) is 0 Å². The van der Waals surface area contributed by atoms with Crippen molar-refractivity contribution in [2.75, 3.05) is 13.2 Å². The third kappa shape index (κ3) is 16.2. The normalized spacial score (nSPS) is 19.1. The number of ether oxygens (including phenoxy) is 13. The maximum Gasteiger partial charge on any atom is 0.342 e. The monoisotopic (exact) mass is 1870 g/mol. The molecule has 29 N–H and O–H groups in total. The molecule has 134 heavy (non-hydrogen) atoms. The molecular formula is C82H58O52. The Kier molecular flexibility index (Phi) is 23.2. The fraction of sp³-hybridized carbons (Fsp3) is 0.146. The molecule has 0 aromatic heterocycles. The molecule has 52 nitrogen and oxygen atoms in total. The van der Waals surface area contributed by atoms with E-state index in [0.29, 0.717) is 60.7 Å². The van der Waals surface area contributed by atoms with E-state index in [9.17, 15) is 177 Å². The summed E-state index contributed by atoms with van der Waals surface area (Å²) >= 11 is 0. The first kappa shape index (κ1) is 91.0. The lowest BCUT2D eigenvalue weighted by Crippen LogP contribution is -2.63. The van der Waals surface area contributed by atoms with Crippen molar-refractivity contribution in [2.24, 2.45) is 0 Å². The van der Waals surface area contributed by atoms with Gasteiger partial charge < -0.3 is 210 Å². The second-order valence-corrected chi connectivity index (χ2v) is 28.7. The quantitative estimate of drug-likeness (QED) is 0.0419. The van der Waals surface area contributed by atoms with Crippen LogP contribution in [0.15, 0.2) is 91.0 Å². The van der Waals surface area contributed by atoms with Crippen molar-refractivity contribution < 1.29 is 258 Å². The Morgan fingerprint density at radius 2 is 0.485 bits per heavy atom. The maximum absolute atomic E-state index is 15.6. The van der Waals surface area contributed by atoms with E-state index in [1.165, 1.54) is 0 Å². The van der Waals surface area contributed by atoms with Gasteiger partial charge in [-0.3, -0.25) is 0 Å². The lowest BCUT2D eigenvalue weighted by Gasteiger charge is -2.43. The highest BCUT2D eigenvalue weighted by molar-refractivity contribution is 6.11. The first-order chi connectivity index (χ1) is 63.0. The van der Waals surface area contributed by atoms with E-state index >= 15 is 19.2 Å². The fourth-order valence-corrected chi connectivity index (χ4v) is 13.9. The van der Waals surface area contributed by atoms with Crippen LogP contribution in [0.3, 0.4) is 0 Å². The standard InChI is InChI=1S/C82H58O52/c83-28-1-18(2-29(84)49(28)97)71(112)129-67-65-43(16-122-76(117)23-11-37(92)54(102)59(107)45(23)47-25(78(119)127-65)13-39(94)56(104)61(47)109)125-81(133-74(115)20-5-32(87)51(99)33(88)6-20)69(67)131-73(114)22-9-36(91)53(101)42(10-22)124-64-27(15-41(96)58(106)63(64)111)80(121)132-70-68(130-72(113)19-3-30(85)50(98)31(86)4-19)66-44(126-82(70)134-75(116)21-7-34(89)52(100)35(90)8-21)17-123-77(118)24-12-38(93)55(103)60(108)46(24)48-26(79(120)128-66)14-40(95)57(105)62(48)110/h1-15,43-44,65-70,81-111H,16-17H2. The molecule has 52 heteroatoms. The molecule has 10 atom stereocenters. The molecule has 14 rings (SSSR count). The highest BCUT2D eigenvalue weighted by Crippen LogP contribution is 2.58. The second-order valence-electron chi connectivity index (χ2n) is 28.7. The molecule has 4 aliphatic rings. The molecular weight excluding hydrogens is 1820 g/mol. The van der Waals surface area contributed by atoms with Crippen LogP contribution in [0.1, 0.15) is 104 Å². The van der Waals surface area contributed by atoms with Crippen molar-refractivity contribution in [3.8, 4) is 200 Å². The van der Waals surface area contributed by atoms with Gasteiger partial charge in [0.05, 0.1) is 50.1 Å². The van der Waals surface area contributed by atoms with Crippen LogP contribution in [0.2, 0.25) is 0 Å². The van der Waals surface area contributed by atoms with Crippen molar-refractivity contribution in [3.63, 3.8) is 0 Å². The number of hydrogen-bond acceptors (Lipinski definition) is 52. The van der Waals surface area contributed by atoms with Gasteiger partial charge in [-0.2, -0.15) is 0 Å². The van der Waals surface area contributed by atoms with Gasteiger partial charge in [0.25, 0.3) is 0 Å². The zero-order valence-corrected chi connectivity index (χ0v) is 65.7. The van der Waals surface area contributed by atoms with Crippen LogP contribution in [0.25, 0.3) is 22.3 Å². The van der Waals surface area contributed by atoms with Crippen molar-refractivity contribution in [3.05, 3.63) is 147 Å². The summed E-state index contributed by atoms with van der Waals surface area (Å²) in [6, 6.07) is 4.72. The fourth-order valence-electron chi connectivity index (χ4n) is 13.9. The number of carbonyl (C=O) groups excluding carboxylic acids is 10. The molecule has 0 spiro atoms. The van der Waals surface area contributed by atoms with Crippen LogP contribution < -0.4 is 4.74 Å². The van der Waals surface area contributed by atoms with Crippen molar-refractivity contribution in [1.29, 1.82) is 0 Å². The van der Waals surface area contributed by atoms with Gasteiger partial charge in [0, 0.05) is 28.3 Å². The van der Waals surface area contributed by atoms with E-state index in [-0.39, 0.29) is 30.3 Å². The minimum absolute atomic E-state index is 0.0721. The summed E-state index contributed by atoms with van der Waals surface area (Å²) in [5.74, 6) is -65.7. The lowest BCUT2D eigenvalue weighted by molar-refractivity contribution is -0.282. The lowest BCUT2D eigenvalue weighted by atomic mass is 9.92. The van der Waals surface area contributed by atoms with Crippen LogP contribution >= 0.6 is 0 Å². The van der Waals surface area contributed by atoms with E-state index in [0.717, 1.165) is 0 Å². The molecule has 2 fully saturated rings. The molecule has 0 amide bonds. The summed E-state index contributed by atoms with van der Waals surface area (Å²) in [6.07, 6.45) is -28.8. The van der Waals surface area contributed by atoms with Gasteiger partial charge in [-0.25, -0.2) is 47.9 Å².